The molecule has 0 fully saturated rings. The molecule has 1 nitrogen and oxygen atoms in total. The van der Waals surface area contributed by atoms with E-state index < -0.39 is 6.10 Å². The zero-order chi connectivity index (χ0) is 16.4. The van der Waals surface area contributed by atoms with Crippen molar-refractivity contribution in [2.45, 2.75) is 53.6 Å². The molecule has 2 aromatic rings. The van der Waals surface area contributed by atoms with Gasteiger partial charge in [-0.3, -0.25) is 0 Å². The Hall–Kier alpha value is -1.67. The zero-order valence-electron chi connectivity index (χ0n) is 14.1. The molecule has 0 spiro atoms. The highest BCUT2D eigenvalue weighted by Crippen LogP contribution is 2.41. The molecule has 0 saturated carbocycles. The second-order valence-electron chi connectivity index (χ2n) is 5.82. The minimum atomic E-state index is -0.656. The van der Waals surface area contributed by atoms with Gasteiger partial charge in [0.05, 0.1) is 6.10 Å². The van der Waals surface area contributed by atoms with Gasteiger partial charge < -0.3 is 5.11 Å². The van der Waals surface area contributed by atoms with Crippen LogP contribution in [-0.4, -0.2) is 5.11 Å². The van der Waals surface area contributed by atoms with Crippen LogP contribution in [0.25, 0.3) is 11.1 Å². The molecule has 0 radical (unpaired) electrons. The van der Waals surface area contributed by atoms with Crippen LogP contribution in [0.5, 0.6) is 0 Å². The molecule has 0 saturated heterocycles. The SMILES string of the molecule is CC.Cc1cc(C)c(-c2ccc(F)c3c2CC[C@@H]3O)c(C)c1. The molecule has 1 aliphatic rings. The van der Waals surface area contributed by atoms with Gasteiger partial charge in [-0.05, 0) is 67.5 Å². The van der Waals surface area contributed by atoms with Gasteiger partial charge >= 0.3 is 0 Å². The van der Waals surface area contributed by atoms with Crippen LogP contribution < -0.4 is 0 Å². The smallest absolute Gasteiger partial charge is 0.129 e. The van der Waals surface area contributed by atoms with Gasteiger partial charge in [0.1, 0.15) is 5.82 Å². The average molecular weight is 300 g/mol. The Morgan fingerprint density at radius 1 is 1.05 bits per heavy atom. The molecular formula is C20H25FO. The van der Waals surface area contributed by atoms with Crippen LogP contribution in [0.2, 0.25) is 0 Å². The van der Waals surface area contributed by atoms with E-state index in [4.69, 9.17) is 0 Å². The molecule has 0 bridgehead atoms. The first kappa shape index (κ1) is 16.7. The van der Waals surface area contributed by atoms with E-state index in [9.17, 15) is 9.50 Å². The maximum absolute atomic E-state index is 13.9. The number of aryl methyl sites for hydroxylation is 3. The zero-order valence-corrected chi connectivity index (χ0v) is 14.1. The van der Waals surface area contributed by atoms with Crippen LogP contribution in [0.4, 0.5) is 4.39 Å². The third-order valence-electron chi connectivity index (χ3n) is 4.25. The van der Waals surface area contributed by atoms with E-state index in [2.05, 4.69) is 32.9 Å². The summed E-state index contributed by atoms with van der Waals surface area (Å²) in [5.41, 5.74) is 7.39. The second-order valence-corrected chi connectivity index (χ2v) is 5.82. The van der Waals surface area contributed by atoms with Crippen molar-refractivity contribution in [2.75, 3.05) is 0 Å². The lowest BCUT2D eigenvalue weighted by Crippen LogP contribution is -1.99. The van der Waals surface area contributed by atoms with E-state index in [1.54, 1.807) is 0 Å². The Labute approximate surface area is 132 Å². The largest absolute Gasteiger partial charge is 0.388 e. The fourth-order valence-corrected chi connectivity index (χ4v) is 3.53. The minimum Gasteiger partial charge on any atom is -0.388 e. The summed E-state index contributed by atoms with van der Waals surface area (Å²) in [6, 6.07) is 7.66. The van der Waals surface area contributed by atoms with E-state index in [1.165, 1.54) is 28.3 Å². The maximum Gasteiger partial charge on any atom is 0.129 e. The Kier molecular flexibility index (Phi) is 5.02. The normalized spacial score (nSPS) is 16.0. The molecule has 22 heavy (non-hydrogen) atoms. The van der Waals surface area contributed by atoms with E-state index in [-0.39, 0.29) is 5.82 Å². The fraction of sp³-hybridized carbons (Fsp3) is 0.400. The highest BCUT2D eigenvalue weighted by Gasteiger charge is 2.27. The summed E-state index contributed by atoms with van der Waals surface area (Å²) in [6.07, 6.45) is 0.708. The molecule has 1 atom stereocenters. The van der Waals surface area contributed by atoms with Gasteiger partial charge in [-0.15, -0.1) is 0 Å². The molecule has 1 N–H and O–H groups in total. The number of aliphatic hydroxyl groups is 1. The highest BCUT2D eigenvalue weighted by molar-refractivity contribution is 5.76. The van der Waals surface area contributed by atoms with Crippen molar-refractivity contribution >= 4 is 0 Å². The molecule has 2 aromatic carbocycles. The predicted molar refractivity (Wildman–Crippen MR) is 90.7 cm³/mol. The molecule has 2 heteroatoms. The van der Waals surface area contributed by atoms with Gasteiger partial charge in [0.25, 0.3) is 0 Å². The van der Waals surface area contributed by atoms with Crippen LogP contribution >= 0.6 is 0 Å². The van der Waals surface area contributed by atoms with Crippen molar-refractivity contribution in [3.8, 4) is 11.1 Å². The van der Waals surface area contributed by atoms with Crippen LogP contribution in [0.15, 0.2) is 24.3 Å². The molecule has 0 heterocycles. The van der Waals surface area contributed by atoms with E-state index in [0.29, 0.717) is 12.0 Å². The summed E-state index contributed by atoms with van der Waals surface area (Å²) in [5, 5.41) is 9.98. The monoisotopic (exact) mass is 300 g/mol. The summed E-state index contributed by atoms with van der Waals surface area (Å²) < 4.78 is 13.9. The first-order chi connectivity index (χ1) is 10.5. The number of hydrogen-bond acceptors (Lipinski definition) is 1. The van der Waals surface area contributed by atoms with Gasteiger partial charge in [0.2, 0.25) is 0 Å². The number of benzene rings is 2. The number of rotatable bonds is 1. The highest BCUT2D eigenvalue weighted by atomic mass is 19.1. The molecule has 0 unspecified atom stereocenters. The van der Waals surface area contributed by atoms with Gasteiger partial charge in [-0.25, -0.2) is 4.39 Å². The van der Waals surface area contributed by atoms with E-state index in [1.807, 2.05) is 19.9 Å². The van der Waals surface area contributed by atoms with Gasteiger partial charge in [0, 0.05) is 5.56 Å². The van der Waals surface area contributed by atoms with E-state index >= 15 is 0 Å². The van der Waals surface area contributed by atoms with Crippen molar-refractivity contribution < 1.29 is 9.50 Å². The average Bonchev–Trinajstić information content (AvgIpc) is 2.86. The molecule has 0 aromatic heterocycles. The Morgan fingerprint density at radius 2 is 1.64 bits per heavy atom. The van der Waals surface area contributed by atoms with Crippen molar-refractivity contribution in [3.05, 3.63) is 57.9 Å². The molecule has 3 rings (SSSR count). The van der Waals surface area contributed by atoms with Crippen LogP contribution in [0, 0.1) is 26.6 Å². The van der Waals surface area contributed by atoms with Crippen molar-refractivity contribution in [3.63, 3.8) is 0 Å². The molecule has 118 valence electrons. The van der Waals surface area contributed by atoms with Crippen LogP contribution in [0.3, 0.4) is 0 Å². The second kappa shape index (κ2) is 6.62. The van der Waals surface area contributed by atoms with Crippen LogP contribution in [-0.2, 0) is 6.42 Å². The van der Waals surface area contributed by atoms with Crippen molar-refractivity contribution in [1.29, 1.82) is 0 Å². The quantitative estimate of drug-likeness (QED) is 0.745. The molecule has 0 aliphatic heterocycles. The lowest BCUT2D eigenvalue weighted by atomic mass is 9.89. The predicted octanol–water partition coefficient (Wildman–Crippen LogP) is 5.42. The fourth-order valence-electron chi connectivity index (χ4n) is 3.53. The number of aliphatic hydroxyl groups excluding tert-OH is 1. The summed E-state index contributed by atoms with van der Waals surface area (Å²) in [5.74, 6) is -0.281. The third-order valence-corrected chi connectivity index (χ3v) is 4.25. The van der Waals surface area contributed by atoms with Crippen molar-refractivity contribution in [2.24, 2.45) is 0 Å². The third kappa shape index (κ3) is 2.80. The minimum absolute atomic E-state index is 0.281. The summed E-state index contributed by atoms with van der Waals surface area (Å²) in [4.78, 5) is 0. The lowest BCUT2D eigenvalue weighted by Gasteiger charge is -2.16. The van der Waals surface area contributed by atoms with Gasteiger partial charge in [-0.1, -0.05) is 37.6 Å². The molecule has 1 aliphatic carbocycles. The summed E-state index contributed by atoms with van der Waals surface area (Å²) in [7, 11) is 0. The number of hydrogen-bond donors (Lipinski definition) is 1. The Bertz CT molecular complexity index is 665. The van der Waals surface area contributed by atoms with Crippen LogP contribution in [0.1, 0.15) is 54.2 Å². The van der Waals surface area contributed by atoms with Gasteiger partial charge in [-0.2, -0.15) is 0 Å². The standard InChI is InChI=1S/C18H19FO.C2H6/c1-10-8-11(2)17(12(3)9-10)13-4-6-15(19)18-14(13)5-7-16(18)20;1-2/h4,6,8-9,16,20H,5,7H2,1-3H3;1-2H3/t16-;/m0./s1. The number of halogens is 1. The van der Waals surface area contributed by atoms with E-state index in [0.717, 1.165) is 17.5 Å². The van der Waals surface area contributed by atoms with Gasteiger partial charge in [0.15, 0.2) is 0 Å². The molecule has 0 amide bonds. The first-order valence-corrected chi connectivity index (χ1v) is 8.06. The summed E-state index contributed by atoms with van der Waals surface area (Å²) >= 11 is 0. The Morgan fingerprint density at radius 3 is 2.23 bits per heavy atom. The van der Waals surface area contributed by atoms with Crippen molar-refractivity contribution in [1.82, 2.24) is 0 Å². The summed E-state index contributed by atoms with van der Waals surface area (Å²) in [6.45, 7) is 10.3. The number of fused-ring (bicyclic) bond motifs is 1. The maximum atomic E-state index is 13.9. The molecular weight excluding hydrogens is 275 g/mol. The Balaban J connectivity index is 0.000000847. The topological polar surface area (TPSA) is 20.2 Å². The first-order valence-electron chi connectivity index (χ1n) is 8.06. The lowest BCUT2D eigenvalue weighted by molar-refractivity contribution is 0.176.